The third-order valence-electron chi connectivity index (χ3n) is 3.64. The molecule has 2 aromatic heterocycles. The van der Waals surface area contributed by atoms with Crippen LogP contribution in [0, 0.1) is 0 Å². The highest BCUT2D eigenvalue weighted by Crippen LogP contribution is 2.27. The van der Waals surface area contributed by atoms with Gasteiger partial charge in [0, 0.05) is 24.5 Å². The second kappa shape index (κ2) is 7.23. The number of hydrogen-bond donors (Lipinski definition) is 2. The molecule has 22 heavy (non-hydrogen) atoms. The predicted octanol–water partition coefficient (Wildman–Crippen LogP) is 1.97. The number of nitrogens with one attached hydrogen (secondary N) is 2. The van der Waals surface area contributed by atoms with Gasteiger partial charge in [-0.15, -0.1) is 11.3 Å². The molecule has 2 N–H and O–H groups in total. The molecule has 2 aromatic rings. The maximum Gasteiger partial charge on any atom is 0.285 e. The number of hydrogen-bond acceptors (Lipinski definition) is 6. The topological polar surface area (TPSA) is 70.2 Å². The van der Waals surface area contributed by atoms with Gasteiger partial charge in [-0.05, 0) is 11.4 Å². The molecule has 0 spiro atoms. The molecule has 0 amide bonds. The van der Waals surface area contributed by atoms with Crippen LogP contribution in [-0.4, -0.2) is 47.9 Å². The van der Waals surface area contributed by atoms with Crippen molar-refractivity contribution in [2.45, 2.75) is 6.04 Å². The molecule has 118 valence electrons. The standard InChI is InChI=1S/C14H17ClN4O2S/c15-13-10(8-17-18-14(13)20)16-9-11(12-2-1-7-22-12)19-3-5-21-6-4-19/h1-2,7-8,11H,3-6,9H2,(H2,16,18,20)/t11-/m1/s1. The number of morpholine rings is 1. The lowest BCUT2D eigenvalue weighted by atomic mass is 10.2. The van der Waals surface area contributed by atoms with E-state index in [0.717, 1.165) is 26.3 Å². The average Bonchev–Trinajstić information content (AvgIpc) is 3.07. The molecule has 0 bridgehead atoms. The highest BCUT2D eigenvalue weighted by atomic mass is 35.5. The van der Waals surface area contributed by atoms with Gasteiger partial charge < -0.3 is 10.1 Å². The van der Waals surface area contributed by atoms with Gasteiger partial charge in [0.1, 0.15) is 5.02 Å². The lowest BCUT2D eigenvalue weighted by Gasteiger charge is -2.34. The Morgan fingerprint density at radius 3 is 3.05 bits per heavy atom. The van der Waals surface area contributed by atoms with E-state index >= 15 is 0 Å². The lowest BCUT2D eigenvalue weighted by molar-refractivity contribution is 0.0194. The maximum absolute atomic E-state index is 11.5. The summed E-state index contributed by atoms with van der Waals surface area (Å²) in [7, 11) is 0. The number of H-pyrrole nitrogens is 1. The number of rotatable bonds is 5. The van der Waals surface area contributed by atoms with Crippen LogP contribution < -0.4 is 10.9 Å². The SMILES string of the molecule is O=c1[nH]ncc(NC[C@H](c2cccs2)N2CCOCC2)c1Cl. The van der Waals surface area contributed by atoms with Crippen molar-refractivity contribution in [1.29, 1.82) is 0 Å². The summed E-state index contributed by atoms with van der Waals surface area (Å²) in [5.41, 5.74) is 0.172. The fourth-order valence-corrected chi connectivity index (χ4v) is 3.51. The van der Waals surface area contributed by atoms with Crippen LogP contribution in [-0.2, 0) is 4.74 Å². The highest BCUT2D eigenvalue weighted by Gasteiger charge is 2.23. The fourth-order valence-electron chi connectivity index (χ4n) is 2.49. The Hall–Kier alpha value is -1.41. The zero-order chi connectivity index (χ0) is 15.4. The second-order valence-corrected chi connectivity index (χ2v) is 6.34. The van der Waals surface area contributed by atoms with Crippen LogP contribution in [0.25, 0.3) is 0 Å². The van der Waals surface area contributed by atoms with Gasteiger partial charge in [-0.3, -0.25) is 9.69 Å². The molecule has 3 heterocycles. The van der Waals surface area contributed by atoms with Crippen molar-refractivity contribution in [3.63, 3.8) is 0 Å². The van der Waals surface area contributed by atoms with Crippen molar-refractivity contribution >= 4 is 28.6 Å². The van der Waals surface area contributed by atoms with Crippen molar-refractivity contribution < 1.29 is 4.74 Å². The van der Waals surface area contributed by atoms with Crippen LogP contribution in [0.3, 0.4) is 0 Å². The summed E-state index contributed by atoms with van der Waals surface area (Å²) < 4.78 is 5.43. The molecule has 0 unspecified atom stereocenters. The minimum absolute atomic E-state index is 0.141. The summed E-state index contributed by atoms with van der Waals surface area (Å²) in [5, 5.41) is 11.6. The quantitative estimate of drug-likeness (QED) is 0.870. The van der Waals surface area contributed by atoms with Gasteiger partial charge in [-0.2, -0.15) is 5.10 Å². The summed E-state index contributed by atoms with van der Waals surface area (Å²) in [6.07, 6.45) is 1.54. The Labute approximate surface area is 137 Å². The van der Waals surface area contributed by atoms with E-state index in [9.17, 15) is 4.79 Å². The van der Waals surface area contributed by atoms with Crippen molar-refractivity contribution in [3.8, 4) is 0 Å². The Kier molecular flexibility index (Phi) is 5.09. The number of ether oxygens (including phenoxy) is 1. The minimum Gasteiger partial charge on any atom is -0.380 e. The molecule has 1 aliphatic rings. The van der Waals surface area contributed by atoms with Crippen LogP contribution in [0.4, 0.5) is 5.69 Å². The van der Waals surface area contributed by atoms with Gasteiger partial charge in [0.05, 0.1) is 31.1 Å². The minimum atomic E-state index is -0.384. The van der Waals surface area contributed by atoms with Gasteiger partial charge in [0.15, 0.2) is 0 Å². The van der Waals surface area contributed by atoms with E-state index in [-0.39, 0.29) is 16.6 Å². The van der Waals surface area contributed by atoms with E-state index in [1.165, 1.54) is 11.1 Å². The number of nitrogens with zero attached hydrogens (tertiary/aromatic N) is 2. The van der Waals surface area contributed by atoms with E-state index < -0.39 is 0 Å². The molecule has 0 aliphatic carbocycles. The Morgan fingerprint density at radius 1 is 1.50 bits per heavy atom. The zero-order valence-corrected chi connectivity index (χ0v) is 13.5. The highest BCUT2D eigenvalue weighted by molar-refractivity contribution is 7.10. The zero-order valence-electron chi connectivity index (χ0n) is 11.9. The van der Waals surface area contributed by atoms with E-state index in [0.29, 0.717) is 12.2 Å². The molecule has 1 fully saturated rings. The fraction of sp³-hybridized carbons (Fsp3) is 0.429. The summed E-state index contributed by atoms with van der Waals surface area (Å²) >= 11 is 7.74. The third kappa shape index (κ3) is 3.49. The van der Waals surface area contributed by atoms with Crippen molar-refractivity contribution in [2.24, 2.45) is 0 Å². The number of aromatic amines is 1. The summed E-state index contributed by atoms with van der Waals surface area (Å²) in [4.78, 5) is 15.2. The summed E-state index contributed by atoms with van der Waals surface area (Å²) in [5.74, 6) is 0. The molecule has 1 saturated heterocycles. The van der Waals surface area contributed by atoms with Crippen LogP contribution in [0.1, 0.15) is 10.9 Å². The average molecular weight is 341 g/mol. The van der Waals surface area contributed by atoms with Crippen LogP contribution in [0.2, 0.25) is 5.02 Å². The molecular weight excluding hydrogens is 324 g/mol. The second-order valence-electron chi connectivity index (χ2n) is 4.99. The van der Waals surface area contributed by atoms with Crippen LogP contribution >= 0.6 is 22.9 Å². The van der Waals surface area contributed by atoms with E-state index in [1.807, 2.05) is 0 Å². The first kappa shape index (κ1) is 15.5. The first-order valence-corrected chi connectivity index (χ1v) is 8.33. The maximum atomic E-state index is 11.5. The Balaban J connectivity index is 1.75. The van der Waals surface area contributed by atoms with Crippen LogP contribution in [0.15, 0.2) is 28.5 Å². The number of anilines is 1. The van der Waals surface area contributed by atoms with Crippen molar-refractivity contribution in [1.82, 2.24) is 15.1 Å². The molecule has 1 aliphatic heterocycles. The number of aromatic nitrogens is 2. The summed E-state index contributed by atoms with van der Waals surface area (Å²) in [6, 6.07) is 4.40. The Morgan fingerprint density at radius 2 is 2.32 bits per heavy atom. The number of halogens is 1. The monoisotopic (exact) mass is 340 g/mol. The predicted molar refractivity (Wildman–Crippen MR) is 87.8 cm³/mol. The molecule has 0 radical (unpaired) electrons. The lowest BCUT2D eigenvalue weighted by Crippen LogP contribution is -2.41. The van der Waals surface area contributed by atoms with Gasteiger partial charge in [0.2, 0.25) is 0 Å². The Bertz CT molecular complexity index is 655. The van der Waals surface area contributed by atoms with Crippen LogP contribution in [0.5, 0.6) is 0 Å². The molecule has 1 atom stereocenters. The van der Waals surface area contributed by atoms with E-state index in [4.69, 9.17) is 16.3 Å². The first-order chi connectivity index (χ1) is 10.8. The smallest absolute Gasteiger partial charge is 0.285 e. The van der Waals surface area contributed by atoms with Crippen molar-refractivity contribution in [2.75, 3.05) is 38.2 Å². The first-order valence-electron chi connectivity index (χ1n) is 7.08. The van der Waals surface area contributed by atoms with Gasteiger partial charge in [-0.25, -0.2) is 5.10 Å². The normalized spacial score (nSPS) is 17.3. The van der Waals surface area contributed by atoms with Gasteiger partial charge >= 0.3 is 0 Å². The van der Waals surface area contributed by atoms with Gasteiger partial charge in [0.25, 0.3) is 5.56 Å². The molecule has 6 nitrogen and oxygen atoms in total. The molecular formula is C14H17ClN4O2S. The number of thiophene rings is 1. The van der Waals surface area contributed by atoms with Crippen molar-refractivity contribution in [3.05, 3.63) is 44.0 Å². The third-order valence-corrected chi connectivity index (χ3v) is 4.99. The molecule has 8 heteroatoms. The van der Waals surface area contributed by atoms with E-state index in [1.54, 1.807) is 11.3 Å². The van der Waals surface area contributed by atoms with E-state index in [2.05, 4.69) is 37.9 Å². The molecule has 0 aromatic carbocycles. The largest absolute Gasteiger partial charge is 0.380 e. The molecule has 0 saturated carbocycles. The molecule has 3 rings (SSSR count). The summed E-state index contributed by atoms with van der Waals surface area (Å²) in [6.45, 7) is 3.94. The van der Waals surface area contributed by atoms with Gasteiger partial charge in [-0.1, -0.05) is 17.7 Å².